The van der Waals surface area contributed by atoms with Crippen LogP contribution in [-0.2, 0) is 24.0 Å². The van der Waals surface area contributed by atoms with E-state index in [1.165, 1.54) is 25.7 Å². The van der Waals surface area contributed by atoms with Crippen molar-refractivity contribution in [3.8, 4) is 0 Å². The predicted octanol–water partition coefficient (Wildman–Crippen LogP) is 2.16. The number of nitrogens with one attached hydrogen (secondary N) is 1. The van der Waals surface area contributed by atoms with Crippen LogP contribution in [0.3, 0.4) is 0 Å². The van der Waals surface area contributed by atoms with Crippen molar-refractivity contribution in [2.45, 2.75) is 37.7 Å². The fraction of sp³-hybridized carbons (Fsp3) is 0.692. The van der Waals surface area contributed by atoms with Crippen molar-refractivity contribution in [1.29, 1.82) is 0 Å². The number of hydrogen-bond donors (Lipinski definition) is 1. The Morgan fingerprint density at radius 2 is 2.19 bits per heavy atom. The van der Waals surface area contributed by atoms with Gasteiger partial charge in [-0.25, -0.2) is 0 Å². The van der Waals surface area contributed by atoms with Crippen LogP contribution in [0.15, 0.2) is 5.38 Å². The van der Waals surface area contributed by atoms with E-state index in [9.17, 15) is 0 Å². The van der Waals surface area contributed by atoms with Gasteiger partial charge in [0.15, 0.2) is 0 Å². The fourth-order valence-corrected chi connectivity index (χ4v) is 3.95. The highest BCUT2D eigenvalue weighted by molar-refractivity contribution is 7.10. The summed E-state index contributed by atoms with van der Waals surface area (Å²) in [5.74, 6) is 0. The minimum absolute atomic E-state index is 0.0896. The minimum atomic E-state index is 0.0896. The van der Waals surface area contributed by atoms with Gasteiger partial charge in [-0.1, -0.05) is 0 Å². The molecule has 0 unspecified atom stereocenters. The van der Waals surface area contributed by atoms with Gasteiger partial charge in [-0.15, -0.1) is 11.3 Å². The molecule has 1 aliphatic heterocycles. The molecule has 1 aliphatic carbocycles. The average Bonchev–Trinajstić information content (AvgIpc) is 2.67. The van der Waals surface area contributed by atoms with Crippen molar-refractivity contribution in [1.82, 2.24) is 5.32 Å². The molecule has 1 N–H and O–H groups in total. The van der Waals surface area contributed by atoms with Crippen molar-refractivity contribution < 1.29 is 4.74 Å². The number of rotatable bonds is 3. The van der Waals surface area contributed by atoms with E-state index < -0.39 is 0 Å². The molecule has 0 radical (unpaired) electrons. The highest BCUT2D eigenvalue weighted by Crippen LogP contribution is 2.33. The van der Waals surface area contributed by atoms with Crippen molar-refractivity contribution in [2.75, 3.05) is 20.2 Å². The molecule has 0 saturated carbocycles. The van der Waals surface area contributed by atoms with Gasteiger partial charge in [0.05, 0.1) is 5.60 Å². The Kier molecular flexibility index (Phi) is 2.78. The quantitative estimate of drug-likeness (QED) is 0.870. The molecule has 0 aromatic carbocycles. The lowest BCUT2D eigenvalue weighted by Gasteiger charge is -2.41. The summed E-state index contributed by atoms with van der Waals surface area (Å²) in [4.78, 5) is 1.64. The number of aryl methyl sites for hydroxylation is 1. The summed E-state index contributed by atoms with van der Waals surface area (Å²) >= 11 is 1.96. The molecule has 0 spiro atoms. The van der Waals surface area contributed by atoms with Gasteiger partial charge in [-0.3, -0.25) is 0 Å². The van der Waals surface area contributed by atoms with Crippen LogP contribution in [-0.4, -0.2) is 25.8 Å². The SMILES string of the molecule is COC1(Cc2csc3c2CCCC3)CNC1. The van der Waals surface area contributed by atoms with E-state index in [2.05, 4.69) is 10.7 Å². The van der Waals surface area contributed by atoms with Gasteiger partial charge in [-0.05, 0) is 42.2 Å². The molecule has 3 heteroatoms. The summed E-state index contributed by atoms with van der Waals surface area (Å²) in [5.41, 5.74) is 3.30. The third kappa shape index (κ3) is 1.71. The zero-order valence-electron chi connectivity index (χ0n) is 9.84. The van der Waals surface area contributed by atoms with Crippen LogP contribution in [0.4, 0.5) is 0 Å². The summed E-state index contributed by atoms with van der Waals surface area (Å²) < 4.78 is 5.68. The Balaban J connectivity index is 1.81. The molecule has 2 heterocycles. The van der Waals surface area contributed by atoms with Crippen molar-refractivity contribution in [2.24, 2.45) is 0 Å². The Hall–Kier alpha value is -0.380. The van der Waals surface area contributed by atoms with E-state index in [0.29, 0.717) is 0 Å². The summed E-state index contributed by atoms with van der Waals surface area (Å²) in [6.45, 7) is 2.02. The molecule has 1 fully saturated rings. The first-order valence-corrected chi connectivity index (χ1v) is 7.05. The number of fused-ring (bicyclic) bond motifs is 1. The second-order valence-electron chi connectivity index (χ2n) is 5.04. The molecule has 3 rings (SSSR count). The summed E-state index contributed by atoms with van der Waals surface area (Å²) in [6, 6.07) is 0. The Morgan fingerprint density at radius 1 is 1.38 bits per heavy atom. The maximum Gasteiger partial charge on any atom is 0.0966 e. The van der Waals surface area contributed by atoms with E-state index >= 15 is 0 Å². The molecular formula is C13H19NOS. The Bertz CT molecular complexity index is 376. The number of methoxy groups -OCH3 is 1. The van der Waals surface area contributed by atoms with Crippen molar-refractivity contribution in [3.05, 3.63) is 21.4 Å². The second kappa shape index (κ2) is 4.13. The first-order chi connectivity index (χ1) is 7.83. The normalized spacial score (nSPS) is 22.6. The van der Waals surface area contributed by atoms with E-state index in [4.69, 9.17) is 4.74 Å². The van der Waals surface area contributed by atoms with Gasteiger partial charge in [0.2, 0.25) is 0 Å². The van der Waals surface area contributed by atoms with Gasteiger partial charge in [-0.2, -0.15) is 0 Å². The lowest BCUT2D eigenvalue weighted by atomic mass is 9.85. The van der Waals surface area contributed by atoms with Crippen LogP contribution >= 0.6 is 11.3 Å². The summed E-state index contributed by atoms with van der Waals surface area (Å²) in [5, 5.41) is 5.69. The highest BCUT2D eigenvalue weighted by atomic mass is 32.1. The largest absolute Gasteiger partial charge is 0.375 e. The monoisotopic (exact) mass is 237 g/mol. The van der Waals surface area contributed by atoms with E-state index in [0.717, 1.165) is 19.5 Å². The molecule has 2 nitrogen and oxygen atoms in total. The zero-order chi connectivity index (χ0) is 11.0. The first-order valence-electron chi connectivity index (χ1n) is 6.17. The van der Waals surface area contributed by atoms with Gasteiger partial charge in [0, 0.05) is 31.5 Å². The summed E-state index contributed by atoms with van der Waals surface area (Å²) in [7, 11) is 1.85. The number of thiophene rings is 1. The molecule has 0 amide bonds. The average molecular weight is 237 g/mol. The maximum absolute atomic E-state index is 5.68. The van der Waals surface area contributed by atoms with Crippen LogP contribution < -0.4 is 5.32 Å². The summed E-state index contributed by atoms with van der Waals surface area (Å²) in [6.07, 6.45) is 6.45. The predicted molar refractivity (Wildman–Crippen MR) is 67.3 cm³/mol. The van der Waals surface area contributed by atoms with Crippen LogP contribution in [0.5, 0.6) is 0 Å². The molecule has 0 atom stereocenters. The molecule has 2 aliphatic rings. The maximum atomic E-state index is 5.68. The van der Waals surface area contributed by atoms with Crippen molar-refractivity contribution in [3.63, 3.8) is 0 Å². The molecule has 0 bridgehead atoms. The first kappa shape index (κ1) is 10.8. The number of ether oxygens (including phenoxy) is 1. The van der Waals surface area contributed by atoms with Gasteiger partial charge < -0.3 is 10.1 Å². The lowest BCUT2D eigenvalue weighted by molar-refractivity contribution is -0.0503. The Labute approximate surface area is 101 Å². The Morgan fingerprint density at radius 3 is 2.88 bits per heavy atom. The third-order valence-corrected chi connectivity index (χ3v) is 5.13. The van der Waals surface area contributed by atoms with Crippen LogP contribution in [0.2, 0.25) is 0 Å². The van der Waals surface area contributed by atoms with Gasteiger partial charge in [0.25, 0.3) is 0 Å². The smallest absolute Gasteiger partial charge is 0.0966 e. The molecule has 1 aromatic rings. The molecular weight excluding hydrogens is 218 g/mol. The third-order valence-electron chi connectivity index (χ3n) is 3.99. The molecule has 16 heavy (non-hydrogen) atoms. The minimum Gasteiger partial charge on any atom is -0.375 e. The molecule has 88 valence electrons. The standard InChI is InChI=1S/C13H19NOS/c1-15-13(8-14-9-13)6-10-7-16-12-5-3-2-4-11(10)12/h7,14H,2-6,8-9H2,1H3. The molecule has 1 aromatic heterocycles. The van der Waals surface area contributed by atoms with E-state index in [1.54, 1.807) is 16.0 Å². The van der Waals surface area contributed by atoms with Crippen LogP contribution in [0.1, 0.15) is 28.8 Å². The second-order valence-corrected chi connectivity index (χ2v) is 6.00. The van der Waals surface area contributed by atoms with Crippen molar-refractivity contribution >= 4 is 11.3 Å². The molecule has 1 saturated heterocycles. The van der Waals surface area contributed by atoms with E-state index in [-0.39, 0.29) is 5.60 Å². The highest BCUT2D eigenvalue weighted by Gasteiger charge is 2.38. The number of hydrogen-bond acceptors (Lipinski definition) is 3. The van der Waals surface area contributed by atoms with E-state index in [1.807, 2.05) is 18.4 Å². The van der Waals surface area contributed by atoms with Gasteiger partial charge >= 0.3 is 0 Å². The van der Waals surface area contributed by atoms with Crippen LogP contribution in [0, 0.1) is 0 Å². The zero-order valence-corrected chi connectivity index (χ0v) is 10.7. The fourth-order valence-electron chi connectivity index (χ4n) is 2.80. The van der Waals surface area contributed by atoms with Crippen LogP contribution in [0.25, 0.3) is 0 Å². The lowest BCUT2D eigenvalue weighted by Crippen LogP contribution is -2.61. The topological polar surface area (TPSA) is 21.3 Å². The van der Waals surface area contributed by atoms with Gasteiger partial charge in [0.1, 0.15) is 0 Å².